The predicted octanol–water partition coefficient (Wildman–Crippen LogP) is 7.29. The molecule has 4 heteroatoms. The summed E-state index contributed by atoms with van der Waals surface area (Å²) in [6.45, 7) is 6.74. The van der Waals surface area contributed by atoms with Gasteiger partial charge < -0.3 is 9.47 Å². The van der Waals surface area contributed by atoms with Crippen LogP contribution in [-0.4, -0.2) is 19.3 Å². The second-order valence-electron chi connectivity index (χ2n) is 8.90. The highest BCUT2D eigenvalue weighted by molar-refractivity contribution is 5.66. The molecule has 2 aromatic carbocycles. The lowest BCUT2D eigenvalue weighted by Crippen LogP contribution is -2.33. The minimum absolute atomic E-state index is 0.257. The van der Waals surface area contributed by atoms with Gasteiger partial charge in [0.1, 0.15) is 24.0 Å². The molecule has 4 atom stereocenters. The van der Waals surface area contributed by atoms with Gasteiger partial charge in [0.05, 0.1) is 6.10 Å². The smallest absolute Gasteiger partial charge is 0.134 e. The third kappa shape index (κ3) is 5.01. The summed E-state index contributed by atoms with van der Waals surface area (Å²) in [6, 6.07) is 9.87. The number of benzene rings is 2. The first-order valence-electron chi connectivity index (χ1n) is 11.5. The first kappa shape index (κ1) is 22.0. The van der Waals surface area contributed by atoms with Crippen molar-refractivity contribution in [1.29, 1.82) is 0 Å². The highest BCUT2D eigenvalue weighted by Gasteiger charge is 2.36. The Hall–Kier alpha value is -2.20. The highest BCUT2D eigenvalue weighted by atomic mass is 19.1. The largest absolute Gasteiger partial charge is 0.489 e. The van der Waals surface area contributed by atoms with Gasteiger partial charge in [-0.1, -0.05) is 24.8 Å². The van der Waals surface area contributed by atoms with Gasteiger partial charge in [-0.15, -0.1) is 0 Å². The van der Waals surface area contributed by atoms with Crippen molar-refractivity contribution >= 4 is 0 Å². The van der Waals surface area contributed by atoms with E-state index in [-0.39, 0.29) is 11.4 Å². The Morgan fingerprint density at radius 2 is 1.65 bits per heavy atom. The molecule has 4 unspecified atom stereocenters. The van der Waals surface area contributed by atoms with Crippen LogP contribution in [0.25, 0.3) is 11.1 Å². The molecule has 0 spiro atoms. The number of fused-ring (bicyclic) bond motifs is 1. The predicted molar refractivity (Wildman–Crippen MR) is 120 cm³/mol. The molecule has 2 fully saturated rings. The van der Waals surface area contributed by atoms with Crippen molar-refractivity contribution < 1.29 is 18.3 Å². The van der Waals surface area contributed by atoms with Crippen molar-refractivity contribution in [3.05, 3.63) is 66.3 Å². The lowest BCUT2D eigenvalue weighted by molar-refractivity contribution is -0.00956. The second kappa shape index (κ2) is 9.95. The van der Waals surface area contributed by atoms with E-state index >= 15 is 4.39 Å². The van der Waals surface area contributed by atoms with Gasteiger partial charge in [-0.3, -0.25) is 0 Å². The van der Waals surface area contributed by atoms with Gasteiger partial charge in [-0.2, -0.15) is 0 Å². The molecule has 2 nitrogen and oxygen atoms in total. The van der Waals surface area contributed by atoms with Gasteiger partial charge >= 0.3 is 0 Å². The van der Waals surface area contributed by atoms with Crippen molar-refractivity contribution in [1.82, 2.24) is 0 Å². The fourth-order valence-electron chi connectivity index (χ4n) is 5.50. The molecular weight excluding hydrogens is 394 g/mol. The molecule has 0 saturated heterocycles. The molecule has 0 heterocycles. The van der Waals surface area contributed by atoms with Gasteiger partial charge in [0, 0.05) is 23.8 Å². The lowest BCUT2D eigenvalue weighted by Gasteiger charge is -2.42. The van der Waals surface area contributed by atoms with Crippen molar-refractivity contribution in [2.75, 3.05) is 13.2 Å². The zero-order valence-corrected chi connectivity index (χ0v) is 18.3. The van der Waals surface area contributed by atoms with E-state index in [9.17, 15) is 4.39 Å². The normalized spacial score (nSPS) is 25.6. The van der Waals surface area contributed by atoms with Crippen molar-refractivity contribution in [3.63, 3.8) is 0 Å². The van der Waals surface area contributed by atoms with Crippen LogP contribution in [0.4, 0.5) is 8.78 Å². The molecular formula is C27H32F2O2. The Balaban J connectivity index is 1.45. The van der Waals surface area contributed by atoms with E-state index in [1.165, 1.54) is 25.3 Å². The van der Waals surface area contributed by atoms with Crippen LogP contribution >= 0.6 is 0 Å². The summed E-state index contributed by atoms with van der Waals surface area (Å²) >= 11 is 0. The minimum Gasteiger partial charge on any atom is -0.489 e. The van der Waals surface area contributed by atoms with Gasteiger partial charge in [0.25, 0.3) is 0 Å². The minimum atomic E-state index is -0.486. The summed E-state index contributed by atoms with van der Waals surface area (Å²) in [5.41, 5.74) is 1.59. The summed E-state index contributed by atoms with van der Waals surface area (Å²) in [5, 5.41) is 0. The van der Waals surface area contributed by atoms with Crippen LogP contribution in [0.5, 0.6) is 5.75 Å². The fourth-order valence-corrected chi connectivity index (χ4v) is 5.50. The zero-order chi connectivity index (χ0) is 21.8. The van der Waals surface area contributed by atoms with E-state index in [2.05, 4.69) is 13.5 Å². The summed E-state index contributed by atoms with van der Waals surface area (Å²) in [7, 11) is 0. The van der Waals surface area contributed by atoms with Crippen LogP contribution in [0, 0.1) is 23.5 Å². The Morgan fingerprint density at radius 3 is 2.35 bits per heavy atom. The number of hydrogen-bond acceptors (Lipinski definition) is 2. The van der Waals surface area contributed by atoms with Crippen molar-refractivity contribution in [2.24, 2.45) is 11.8 Å². The summed E-state index contributed by atoms with van der Waals surface area (Å²) in [5.74, 6) is 1.39. The van der Waals surface area contributed by atoms with Gasteiger partial charge in [-0.25, -0.2) is 8.78 Å². The van der Waals surface area contributed by atoms with Gasteiger partial charge in [-0.05, 0) is 87.0 Å². The van der Waals surface area contributed by atoms with Gasteiger partial charge in [0.2, 0.25) is 0 Å². The number of hydrogen-bond donors (Lipinski definition) is 0. The van der Waals surface area contributed by atoms with E-state index in [0.717, 1.165) is 37.4 Å². The van der Waals surface area contributed by atoms with E-state index in [1.807, 2.05) is 6.07 Å². The third-order valence-electron chi connectivity index (χ3n) is 7.03. The van der Waals surface area contributed by atoms with E-state index in [1.54, 1.807) is 30.3 Å². The Labute approximate surface area is 184 Å². The Kier molecular flexibility index (Phi) is 7.06. The third-order valence-corrected chi connectivity index (χ3v) is 7.03. The first-order chi connectivity index (χ1) is 15.1. The molecule has 2 saturated carbocycles. The van der Waals surface area contributed by atoms with Crippen LogP contribution in [0.2, 0.25) is 0 Å². The standard InChI is InChI=1S/C27H32F2O2/c1-3-13-31-23-10-12-25(27(29)17-23)24-11-8-21(16-26(24)28)18-5-6-20-15-22(30-4-2)9-7-19(20)14-18/h3,8,10-12,16-20,22H,1,4-7,9,13-15H2,2H3. The lowest BCUT2D eigenvalue weighted by atomic mass is 9.65. The number of rotatable bonds is 7. The van der Waals surface area contributed by atoms with E-state index < -0.39 is 5.82 Å². The summed E-state index contributed by atoms with van der Waals surface area (Å²) in [6.07, 6.45) is 8.92. The van der Waals surface area contributed by atoms with Crippen LogP contribution < -0.4 is 4.74 Å². The van der Waals surface area contributed by atoms with Crippen molar-refractivity contribution in [2.45, 2.75) is 57.5 Å². The monoisotopic (exact) mass is 426 g/mol. The molecule has 4 rings (SSSR count). The average molecular weight is 427 g/mol. The van der Waals surface area contributed by atoms with Crippen LogP contribution in [0.1, 0.15) is 56.9 Å². The van der Waals surface area contributed by atoms with Crippen molar-refractivity contribution in [3.8, 4) is 16.9 Å². The number of ether oxygens (including phenoxy) is 2. The first-order valence-corrected chi connectivity index (χ1v) is 11.5. The molecule has 0 aliphatic heterocycles. The molecule has 2 aliphatic carbocycles. The average Bonchev–Trinajstić information content (AvgIpc) is 2.78. The maximum atomic E-state index is 15.0. The van der Waals surface area contributed by atoms with E-state index in [0.29, 0.717) is 35.9 Å². The summed E-state index contributed by atoms with van der Waals surface area (Å²) < 4.78 is 40.8. The fraction of sp³-hybridized carbons (Fsp3) is 0.481. The Bertz CT molecular complexity index is 910. The second-order valence-corrected chi connectivity index (χ2v) is 8.90. The van der Waals surface area contributed by atoms with Crippen LogP contribution in [0.3, 0.4) is 0 Å². The molecule has 0 amide bonds. The van der Waals surface area contributed by atoms with Crippen LogP contribution in [-0.2, 0) is 4.74 Å². The van der Waals surface area contributed by atoms with Crippen LogP contribution in [0.15, 0.2) is 49.1 Å². The molecule has 0 aromatic heterocycles. The molecule has 0 bridgehead atoms. The SMILES string of the molecule is C=CCOc1ccc(-c2ccc(C3CCC4CC(OCC)CCC4C3)cc2F)c(F)c1. The maximum Gasteiger partial charge on any atom is 0.134 e. The molecule has 166 valence electrons. The molecule has 2 aliphatic rings. The maximum absolute atomic E-state index is 15.0. The topological polar surface area (TPSA) is 18.5 Å². The highest BCUT2D eigenvalue weighted by Crippen LogP contribution is 2.47. The zero-order valence-electron chi connectivity index (χ0n) is 18.3. The van der Waals surface area contributed by atoms with Gasteiger partial charge in [0.15, 0.2) is 0 Å². The molecule has 0 radical (unpaired) electrons. The number of halogens is 2. The molecule has 2 aromatic rings. The quantitative estimate of drug-likeness (QED) is 0.433. The Morgan fingerprint density at radius 1 is 0.935 bits per heavy atom. The molecule has 31 heavy (non-hydrogen) atoms. The van der Waals surface area contributed by atoms with E-state index in [4.69, 9.17) is 9.47 Å². The summed E-state index contributed by atoms with van der Waals surface area (Å²) in [4.78, 5) is 0. The molecule has 0 N–H and O–H groups in total.